The molecule has 2 aromatic rings. The molecule has 0 aliphatic carbocycles. The highest BCUT2D eigenvalue weighted by Gasteiger charge is 2.23. The maximum absolute atomic E-state index is 15.1. The minimum Gasteiger partial charge on any atom is -0.453 e. The number of hydrogen-bond acceptors (Lipinski definition) is 4. The summed E-state index contributed by atoms with van der Waals surface area (Å²) in [5.41, 5.74) is 5.79. The number of benzene rings is 2. The second kappa shape index (κ2) is 13.6. The second-order valence-electron chi connectivity index (χ2n) is 6.12. The monoisotopic (exact) mass is 465 g/mol. The second-order valence-corrected chi connectivity index (χ2v) is 6.53. The summed E-state index contributed by atoms with van der Waals surface area (Å²) in [4.78, 5) is 12.1. The highest BCUT2D eigenvalue weighted by atomic mass is 35.5. The highest BCUT2D eigenvalue weighted by Crippen LogP contribution is 2.36. The van der Waals surface area contributed by atoms with Crippen LogP contribution in [0.4, 0.5) is 4.39 Å². The predicted molar refractivity (Wildman–Crippen MR) is 120 cm³/mol. The van der Waals surface area contributed by atoms with Crippen LogP contribution in [0.2, 0.25) is 5.02 Å². The van der Waals surface area contributed by atoms with E-state index >= 15 is 4.39 Å². The molecule has 2 rings (SSSR count). The molecule has 0 radical (unpaired) electrons. The number of halogens is 4. The average Bonchev–Trinajstić information content (AvgIpc) is 2.68. The van der Waals surface area contributed by atoms with Crippen LogP contribution in [0.1, 0.15) is 31.9 Å². The van der Waals surface area contributed by atoms with Gasteiger partial charge in [0.1, 0.15) is 5.75 Å². The highest BCUT2D eigenvalue weighted by molar-refractivity contribution is 6.32. The Bertz CT molecular complexity index is 766. The summed E-state index contributed by atoms with van der Waals surface area (Å²) in [6.07, 6.45) is 0.581. The van der Waals surface area contributed by atoms with Gasteiger partial charge in [-0.15, -0.1) is 24.8 Å². The molecule has 0 aliphatic heterocycles. The van der Waals surface area contributed by atoms with Gasteiger partial charge in [-0.25, -0.2) is 4.39 Å². The lowest BCUT2D eigenvalue weighted by Crippen LogP contribution is -2.45. The summed E-state index contributed by atoms with van der Waals surface area (Å²) in [7, 11) is 0. The van der Waals surface area contributed by atoms with Crippen LogP contribution in [-0.2, 0) is 4.79 Å². The van der Waals surface area contributed by atoms with Gasteiger partial charge in [0.2, 0.25) is 5.91 Å². The van der Waals surface area contributed by atoms with E-state index in [0.29, 0.717) is 30.8 Å². The van der Waals surface area contributed by atoms with Gasteiger partial charge in [-0.2, -0.15) is 0 Å². The Balaban J connectivity index is 0.00000392. The van der Waals surface area contributed by atoms with Crippen molar-refractivity contribution >= 4 is 42.3 Å². The summed E-state index contributed by atoms with van der Waals surface area (Å²) in [6, 6.07) is 11.2. The molecule has 0 heterocycles. The first-order valence-electron chi connectivity index (χ1n) is 8.92. The zero-order valence-electron chi connectivity index (χ0n) is 16.3. The molecule has 0 fully saturated rings. The third-order valence-corrected chi connectivity index (χ3v) is 4.41. The summed E-state index contributed by atoms with van der Waals surface area (Å²) in [6.45, 7) is 4.39. The van der Waals surface area contributed by atoms with Gasteiger partial charge >= 0.3 is 0 Å². The molecular weight excluding hydrogens is 440 g/mol. The third kappa shape index (κ3) is 7.64. The minimum absolute atomic E-state index is 0. The van der Waals surface area contributed by atoms with Gasteiger partial charge in [-0.3, -0.25) is 10.1 Å². The fourth-order valence-electron chi connectivity index (χ4n) is 2.67. The van der Waals surface area contributed by atoms with E-state index in [2.05, 4.69) is 10.6 Å². The molecular formula is C20H27Cl3FN3O2. The van der Waals surface area contributed by atoms with Gasteiger partial charge in [-0.1, -0.05) is 42.8 Å². The molecule has 0 saturated carbocycles. The van der Waals surface area contributed by atoms with Gasteiger partial charge in [0, 0.05) is 24.7 Å². The molecule has 2 aromatic carbocycles. The van der Waals surface area contributed by atoms with Gasteiger partial charge in [0.25, 0.3) is 0 Å². The average molecular weight is 467 g/mol. The van der Waals surface area contributed by atoms with E-state index in [1.807, 2.05) is 13.0 Å². The number of carbonyl (C=O) groups is 1. The van der Waals surface area contributed by atoms with Crippen molar-refractivity contribution in [2.24, 2.45) is 5.73 Å². The molecule has 0 bridgehead atoms. The van der Waals surface area contributed by atoms with E-state index in [-0.39, 0.29) is 47.5 Å². The Morgan fingerprint density at radius 2 is 1.86 bits per heavy atom. The van der Waals surface area contributed by atoms with Crippen LogP contribution < -0.4 is 21.1 Å². The fraction of sp³-hybridized carbons (Fsp3) is 0.350. The molecule has 0 spiro atoms. The van der Waals surface area contributed by atoms with Crippen molar-refractivity contribution in [1.29, 1.82) is 0 Å². The molecule has 0 saturated heterocycles. The van der Waals surface area contributed by atoms with Crippen LogP contribution >= 0.6 is 36.4 Å². The number of amides is 1. The molecule has 0 unspecified atom stereocenters. The Labute approximate surface area is 188 Å². The van der Waals surface area contributed by atoms with Crippen molar-refractivity contribution < 1.29 is 13.9 Å². The fourth-order valence-corrected chi connectivity index (χ4v) is 2.85. The van der Waals surface area contributed by atoms with Crippen LogP contribution in [0.3, 0.4) is 0 Å². The third-order valence-electron chi connectivity index (χ3n) is 4.11. The Morgan fingerprint density at radius 3 is 2.45 bits per heavy atom. The van der Waals surface area contributed by atoms with Gasteiger partial charge < -0.3 is 15.8 Å². The van der Waals surface area contributed by atoms with E-state index in [9.17, 15) is 4.79 Å². The van der Waals surface area contributed by atoms with Crippen molar-refractivity contribution in [2.45, 2.75) is 32.4 Å². The Kier molecular flexibility index (Phi) is 12.9. The molecule has 162 valence electrons. The largest absolute Gasteiger partial charge is 0.453 e. The number of para-hydroxylation sites is 1. The molecule has 2 atom stereocenters. The number of carbonyl (C=O) groups excluding carboxylic acids is 1. The number of ether oxygens (including phenoxy) is 1. The molecule has 5 nitrogen and oxygen atoms in total. The first-order valence-corrected chi connectivity index (χ1v) is 9.30. The van der Waals surface area contributed by atoms with E-state index in [1.54, 1.807) is 43.3 Å². The zero-order valence-corrected chi connectivity index (χ0v) is 18.7. The van der Waals surface area contributed by atoms with Crippen LogP contribution in [0.15, 0.2) is 42.5 Å². The molecule has 9 heteroatoms. The van der Waals surface area contributed by atoms with Crippen LogP contribution in [0.5, 0.6) is 11.5 Å². The number of rotatable bonds is 9. The normalized spacial score (nSPS) is 12.2. The Hall–Kier alpha value is -1.57. The van der Waals surface area contributed by atoms with E-state index in [0.717, 1.165) is 0 Å². The summed E-state index contributed by atoms with van der Waals surface area (Å²) >= 11 is 6.15. The number of hydrogen-bond donors (Lipinski definition) is 3. The number of nitrogens with two attached hydrogens (primary N) is 1. The van der Waals surface area contributed by atoms with Crippen molar-refractivity contribution in [1.82, 2.24) is 10.6 Å². The van der Waals surface area contributed by atoms with E-state index < -0.39 is 11.9 Å². The minimum atomic E-state index is -0.541. The van der Waals surface area contributed by atoms with Crippen LogP contribution in [0.25, 0.3) is 0 Å². The zero-order chi connectivity index (χ0) is 19.8. The van der Waals surface area contributed by atoms with Crippen molar-refractivity contribution in [3.8, 4) is 11.5 Å². The standard InChI is InChI=1S/C20H25ClFN3O2.2ClH/c1-3-17(25-13(2)20(26)24-12-11-23)15-9-10-16(21)19(18(15)22)27-14-7-5-4-6-8-14;;/h4-10,13,17,25H,3,11-12,23H2,1-2H3,(H,24,26);2*1H/t13-,17+;;/m1../s1. The van der Waals surface area contributed by atoms with Crippen LogP contribution in [0, 0.1) is 5.82 Å². The SMILES string of the molecule is CC[C@H](N[C@H](C)C(=O)NCCN)c1ccc(Cl)c(Oc2ccccc2)c1F.Cl.Cl. The van der Waals surface area contributed by atoms with Gasteiger partial charge in [0.05, 0.1) is 11.1 Å². The summed E-state index contributed by atoms with van der Waals surface area (Å²) < 4.78 is 20.8. The molecule has 0 aliphatic rings. The van der Waals surface area contributed by atoms with Gasteiger partial charge in [0.15, 0.2) is 11.6 Å². The first-order chi connectivity index (χ1) is 13.0. The topological polar surface area (TPSA) is 76.4 Å². The molecule has 4 N–H and O–H groups in total. The number of nitrogens with one attached hydrogen (secondary N) is 2. The lowest BCUT2D eigenvalue weighted by molar-refractivity contribution is -0.122. The quantitative estimate of drug-likeness (QED) is 0.504. The summed E-state index contributed by atoms with van der Waals surface area (Å²) in [5, 5.41) is 6.05. The lowest BCUT2D eigenvalue weighted by Gasteiger charge is -2.23. The summed E-state index contributed by atoms with van der Waals surface area (Å²) in [5.74, 6) is -0.263. The molecule has 29 heavy (non-hydrogen) atoms. The smallest absolute Gasteiger partial charge is 0.236 e. The van der Waals surface area contributed by atoms with Crippen molar-refractivity contribution in [3.05, 3.63) is 58.9 Å². The molecule has 0 aromatic heterocycles. The Morgan fingerprint density at radius 1 is 1.21 bits per heavy atom. The van der Waals surface area contributed by atoms with E-state index in [1.165, 1.54) is 0 Å². The van der Waals surface area contributed by atoms with Crippen molar-refractivity contribution in [3.63, 3.8) is 0 Å². The maximum Gasteiger partial charge on any atom is 0.236 e. The lowest BCUT2D eigenvalue weighted by atomic mass is 10.0. The van der Waals surface area contributed by atoms with Crippen LogP contribution in [-0.4, -0.2) is 25.0 Å². The first kappa shape index (κ1) is 27.4. The molecule has 1 amide bonds. The maximum atomic E-state index is 15.1. The van der Waals surface area contributed by atoms with E-state index in [4.69, 9.17) is 22.1 Å². The van der Waals surface area contributed by atoms with Gasteiger partial charge in [-0.05, 0) is 31.5 Å². The van der Waals surface area contributed by atoms with Crippen molar-refractivity contribution in [2.75, 3.05) is 13.1 Å². The predicted octanol–water partition coefficient (Wildman–Crippen LogP) is 4.62.